The summed E-state index contributed by atoms with van der Waals surface area (Å²) in [6.07, 6.45) is 2.45. The Morgan fingerprint density at radius 1 is 1.10 bits per heavy atom. The molecular formula is C17H17ClFN. The van der Waals surface area contributed by atoms with E-state index in [0.29, 0.717) is 23.6 Å². The number of benzene rings is 2. The molecule has 0 bridgehead atoms. The predicted molar refractivity (Wildman–Crippen MR) is 80.5 cm³/mol. The van der Waals surface area contributed by atoms with E-state index in [-0.39, 0.29) is 11.2 Å². The zero-order valence-corrected chi connectivity index (χ0v) is 12.0. The van der Waals surface area contributed by atoms with Crippen LogP contribution in [-0.2, 0) is 19.3 Å². The molecule has 20 heavy (non-hydrogen) atoms. The van der Waals surface area contributed by atoms with Gasteiger partial charge in [0.15, 0.2) is 0 Å². The summed E-state index contributed by atoms with van der Waals surface area (Å²) in [6.45, 7) is 0.549. The minimum atomic E-state index is -0.196. The highest BCUT2D eigenvalue weighted by Gasteiger charge is 2.36. The van der Waals surface area contributed by atoms with Crippen LogP contribution >= 0.6 is 11.6 Å². The van der Waals surface area contributed by atoms with Crippen LogP contribution in [0.3, 0.4) is 0 Å². The first-order chi connectivity index (χ1) is 9.62. The Balaban J connectivity index is 1.91. The molecule has 0 spiro atoms. The Labute approximate surface area is 123 Å². The summed E-state index contributed by atoms with van der Waals surface area (Å²) in [7, 11) is 0. The minimum Gasteiger partial charge on any atom is -0.330 e. The van der Waals surface area contributed by atoms with E-state index < -0.39 is 0 Å². The highest BCUT2D eigenvalue weighted by Crippen LogP contribution is 2.39. The predicted octanol–water partition coefficient (Wildman–Crippen LogP) is 3.77. The lowest BCUT2D eigenvalue weighted by atomic mass is 9.79. The van der Waals surface area contributed by atoms with Gasteiger partial charge in [-0.05, 0) is 66.1 Å². The topological polar surface area (TPSA) is 26.0 Å². The van der Waals surface area contributed by atoms with E-state index in [4.69, 9.17) is 17.3 Å². The molecule has 0 saturated carbocycles. The largest absolute Gasteiger partial charge is 0.330 e. The van der Waals surface area contributed by atoms with Crippen molar-refractivity contribution < 1.29 is 4.39 Å². The van der Waals surface area contributed by atoms with Crippen LogP contribution in [0.5, 0.6) is 0 Å². The van der Waals surface area contributed by atoms with Crippen molar-refractivity contribution in [2.75, 3.05) is 6.54 Å². The Bertz CT molecular complexity index is 614. The van der Waals surface area contributed by atoms with Crippen LogP contribution < -0.4 is 5.73 Å². The van der Waals surface area contributed by atoms with Crippen LogP contribution in [0.4, 0.5) is 4.39 Å². The van der Waals surface area contributed by atoms with E-state index in [2.05, 4.69) is 12.1 Å². The molecule has 104 valence electrons. The molecule has 1 aliphatic rings. The van der Waals surface area contributed by atoms with Gasteiger partial charge >= 0.3 is 0 Å². The van der Waals surface area contributed by atoms with Crippen LogP contribution in [-0.4, -0.2) is 6.54 Å². The second-order valence-electron chi connectivity index (χ2n) is 5.74. The lowest BCUT2D eigenvalue weighted by Gasteiger charge is -2.27. The van der Waals surface area contributed by atoms with Crippen molar-refractivity contribution in [1.29, 1.82) is 0 Å². The van der Waals surface area contributed by atoms with Crippen molar-refractivity contribution in [3.8, 4) is 0 Å². The van der Waals surface area contributed by atoms with Crippen LogP contribution in [0.15, 0.2) is 42.5 Å². The molecule has 3 heteroatoms. The summed E-state index contributed by atoms with van der Waals surface area (Å²) >= 11 is 5.98. The lowest BCUT2D eigenvalue weighted by molar-refractivity contribution is 0.310. The second kappa shape index (κ2) is 5.19. The maximum atomic E-state index is 14.0. The number of halogens is 2. The molecule has 0 atom stereocenters. The molecule has 0 saturated heterocycles. The minimum absolute atomic E-state index is 0.0881. The van der Waals surface area contributed by atoms with Gasteiger partial charge in [0.1, 0.15) is 5.82 Å². The van der Waals surface area contributed by atoms with E-state index in [1.807, 2.05) is 12.1 Å². The molecule has 0 fully saturated rings. The third-order valence-electron chi connectivity index (χ3n) is 4.26. The molecule has 0 heterocycles. The fraction of sp³-hybridized carbons (Fsp3) is 0.294. The molecule has 0 unspecified atom stereocenters. The number of hydrogen-bond acceptors (Lipinski definition) is 1. The maximum Gasteiger partial charge on any atom is 0.126 e. The third kappa shape index (κ3) is 2.46. The zero-order valence-electron chi connectivity index (χ0n) is 11.2. The Kier molecular flexibility index (Phi) is 3.53. The van der Waals surface area contributed by atoms with Crippen molar-refractivity contribution >= 4 is 11.6 Å². The van der Waals surface area contributed by atoms with Gasteiger partial charge in [-0.2, -0.15) is 0 Å². The Morgan fingerprint density at radius 2 is 1.75 bits per heavy atom. The molecule has 1 aliphatic carbocycles. The highest BCUT2D eigenvalue weighted by molar-refractivity contribution is 6.30. The molecule has 2 N–H and O–H groups in total. The van der Waals surface area contributed by atoms with Gasteiger partial charge in [0.25, 0.3) is 0 Å². The van der Waals surface area contributed by atoms with Crippen molar-refractivity contribution in [3.05, 3.63) is 70.0 Å². The van der Waals surface area contributed by atoms with E-state index >= 15 is 0 Å². The Hall–Kier alpha value is -1.38. The summed E-state index contributed by atoms with van der Waals surface area (Å²) in [6, 6.07) is 13.1. The zero-order chi connectivity index (χ0) is 14.2. The van der Waals surface area contributed by atoms with Gasteiger partial charge in [0, 0.05) is 5.02 Å². The van der Waals surface area contributed by atoms with Gasteiger partial charge < -0.3 is 5.73 Å². The van der Waals surface area contributed by atoms with Crippen molar-refractivity contribution in [3.63, 3.8) is 0 Å². The van der Waals surface area contributed by atoms with Crippen LogP contribution in [0, 0.1) is 11.2 Å². The molecule has 2 aromatic rings. The van der Waals surface area contributed by atoms with Gasteiger partial charge in [-0.3, -0.25) is 0 Å². The fourth-order valence-corrected chi connectivity index (χ4v) is 3.39. The first kappa shape index (κ1) is 13.6. The Morgan fingerprint density at radius 3 is 2.35 bits per heavy atom. The maximum absolute atomic E-state index is 14.0. The third-order valence-corrected chi connectivity index (χ3v) is 4.49. The SMILES string of the molecule is NCC1(Cc2cc(Cl)ccc2F)Cc2ccccc2C1. The van der Waals surface area contributed by atoms with E-state index in [1.165, 1.54) is 17.2 Å². The number of hydrogen-bond donors (Lipinski definition) is 1. The van der Waals surface area contributed by atoms with Crippen molar-refractivity contribution in [1.82, 2.24) is 0 Å². The molecular weight excluding hydrogens is 273 g/mol. The molecule has 2 aromatic carbocycles. The van der Waals surface area contributed by atoms with Crippen LogP contribution in [0.1, 0.15) is 16.7 Å². The first-order valence-corrected chi connectivity index (χ1v) is 7.20. The van der Waals surface area contributed by atoms with E-state index in [1.54, 1.807) is 12.1 Å². The highest BCUT2D eigenvalue weighted by atomic mass is 35.5. The van der Waals surface area contributed by atoms with Crippen molar-refractivity contribution in [2.45, 2.75) is 19.3 Å². The van der Waals surface area contributed by atoms with Gasteiger partial charge in [-0.15, -0.1) is 0 Å². The van der Waals surface area contributed by atoms with Crippen LogP contribution in [0.2, 0.25) is 5.02 Å². The number of nitrogens with two attached hydrogens (primary N) is 1. The van der Waals surface area contributed by atoms with Gasteiger partial charge in [0.05, 0.1) is 0 Å². The molecule has 1 nitrogen and oxygen atoms in total. The van der Waals surface area contributed by atoms with Gasteiger partial charge in [0.2, 0.25) is 0 Å². The standard InChI is InChI=1S/C17H17ClFN/c18-15-5-6-16(19)14(7-15)10-17(11-20)8-12-3-1-2-4-13(12)9-17/h1-7H,8-11,20H2. The van der Waals surface area contributed by atoms with Crippen molar-refractivity contribution in [2.24, 2.45) is 11.1 Å². The molecule has 3 rings (SSSR count). The smallest absolute Gasteiger partial charge is 0.126 e. The molecule has 0 radical (unpaired) electrons. The first-order valence-electron chi connectivity index (χ1n) is 6.83. The second-order valence-corrected chi connectivity index (χ2v) is 6.18. The van der Waals surface area contributed by atoms with Gasteiger partial charge in [-0.1, -0.05) is 35.9 Å². The average Bonchev–Trinajstić information content (AvgIpc) is 2.81. The molecule has 0 aliphatic heterocycles. The summed E-state index contributed by atoms with van der Waals surface area (Å²) in [4.78, 5) is 0. The summed E-state index contributed by atoms with van der Waals surface area (Å²) < 4.78 is 14.0. The summed E-state index contributed by atoms with van der Waals surface area (Å²) in [5, 5.41) is 0.573. The average molecular weight is 290 g/mol. The van der Waals surface area contributed by atoms with Gasteiger partial charge in [-0.25, -0.2) is 4.39 Å². The number of rotatable bonds is 3. The monoisotopic (exact) mass is 289 g/mol. The lowest BCUT2D eigenvalue weighted by Crippen LogP contribution is -2.34. The summed E-state index contributed by atoms with van der Waals surface area (Å²) in [5.74, 6) is -0.196. The number of fused-ring (bicyclic) bond motifs is 1. The van der Waals surface area contributed by atoms with E-state index in [0.717, 1.165) is 12.8 Å². The summed E-state index contributed by atoms with van der Waals surface area (Å²) in [5.41, 5.74) is 9.27. The van der Waals surface area contributed by atoms with Crippen LogP contribution in [0.25, 0.3) is 0 Å². The fourth-order valence-electron chi connectivity index (χ4n) is 3.20. The molecule has 0 amide bonds. The van der Waals surface area contributed by atoms with E-state index in [9.17, 15) is 4.39 Å². The quantitative estimate of drug-likeness (QED) is 0.915. The molecule has 0 aromatic heterocycles. The normalized spacial score (nSPS) is 16.1.